The van der Waals surface area contributed by atoms with Crippen LogP contribution in [0.3, 0.4) is 0 Å². The molecule has 0 aliphatic rings. The van der Waals surface area contributed by atoms with E-state index < -0.39 is 0 Å². The third-order valence-corrected chi connectivity index (χ3v) is 3.24. The lowest BCUT2D eigenvalue weighted by atomic mass is 10.1. The van der Waals surface area contributed by atoms with E-state index in [0.29, 0.717) is 19.5 Å². The maximum Gasteiger partial charge on any atom is 0.315 e. The second-order valence-electron chi connectivity index (χ2n) is 5.57. The summed E-state index contributed by atoms with van der Waals surface area (Å²) < 4.78 is 5.30. The van der Waals surface area contributed by atoms with E-state index in [0.717, 1.165) is 16.9 Å². The molecule has 0 aromatic heterocycles. The number of carbonyl (C=O) groups is 1. The standard InChI is InChI=1S/C16H26N2O3/c1-11-5-6-14(15(8-11)21-4)10-18-16(20)17-9-12(2)7-13(3)19/h5-6,8,12-13,19H,7,9-10H2,1-4H3,(H2,17,18,20). The van der Waals surface area contributed by atoms with Crippen molar-refractivity contribution >= 4 is 6.03 Å². The van der Waals surface area contributed by atoms with Crippen LogP contribution < -0.4 is 15.4 Å². The molecule has 0 aliphatic heterocycles. The highest BCUT2D eigenvalue weighted by atomic mass is 16.5. The zero-order chi connectivity index (χ0) is 15.8. The number of carbonyl (C=O) groups excluding carboxylic acids is 1. The van der Waals surface area contributed by atoms with E-state index in [1.165, 1.54) is 0 Å². The Labute approximate surface area is 126 Å². The molecular weight excluding hydrogens is 268 g/mol. The lowest BCUT2D eigenvalue weighted by Crippen LogP contribution is -2.37. The Morgan fingerprint density at radius 1 is 1.33 bits per heavy atom. The first kappa shape index (κ1) is 17.3. The van der Waals surface area contributed by atoms with Gasteiger partial charge in [-0.1, -0.05) is 19.1 Å². The van der Waals surface area contributed by atoms with Gasteiger partial charge in [0.15, 0.2) is 0 Å². The molecule has 0 spiro atoms. The number of amides is 2. The maximum atomic E-state index is 11.7. The molecular formula is C16H26N2O3. The molecule has 21 heavy (non-hydrogen) atoms. The summed E-state index contributed by atoms with van der Waals surface area (Å²) in [5.41, 5.74) is 2.06. The van der Waals surface area contributed by atoms with Crippen LogP contribution in [0.2, 0.25) is 0 Å². The highest BCUT2D eigenvalue weighted by molar-refractivity contribution is 5.73. The number of ether oxygens (including phenoxy) is 1. The monoisotopic (exact) mass is 294 g/mol. The van der Waals surface area contributed by atoms with E-state index in [2.05, 4.69) is 10.6 Å². The van der Waals surface area contributed by atoms with E-state index in [1.807, 2.05) is 32.0 Å². The average molecular weight is 294 g/mol. The average Bonchev–Trinajstić information content (AvgIpc) is 2.42. The molecule has 118 valence electrons. The fourth-order valence-electron chi connectivity index (χ4n) is 2.17. The van der Waals surface area contributed by atoms with Crippen LogP contribution in [0.15, 0.2) is 18.2 Å². The summed E-state index contributed by atoms with van der Waals surface area (Å²) >= 11 is 0. The predicted molar refractivity (Wildman–Crippen MR) is 83.4 cm³/mol. The van der Waals surface area contributed by atoms with Crippen molar-refractivity contribution in [3.63, 3.8) is 0 Å². The zero-order valence-corrected chi connectivity index (χ0v) is 13.3. The topological polar surface area (TPSA) is 70.6 Å². The molecule has 1 aromatic carbocycles. The number of rotatable bonds is 7. The number of aliphatic hydroxyl groups is 1. The van der Waals surface area contributed by atoms with Crippen LogP contribution >= 0.6 is 0 Å². The molecule has 2 atom stereocenters. The van der Waals surface area contributed by atoms with Crippen LogP contribution in [0, 0.1) is 12.8 Å². The normalized spacial score (nSPS) is 13.4. The molecule has 5 heteroatoms. The van der Waals surface area contributed by atoms with Crippen LogP contribution in [0.5, 0.6) is 5.75 Å². The number of hydrogen-bond donors (Lipinski definition) is 3. The van der Waals surface area contributed by atoms with E-state index in [4.69, 9.17) is 4.74 Å². The van der Waals surface area contributed by atoms with Gasteiger partial charge >= 0.3 is 6.03 Å². The minimum absolute atomic E-state index is 0.213. The van der Waals surface area contributed by atoms with Gasteiger partial charge in [0.05, 0.1) is 13.2 Å². The first-order valence-corrected chi connectivity index (χ1v) is 7.25. The highest BCUT2D eigenvalue weighted by Crippen LogP contribution is 2.19. The fourth-order valence-corrected chi connectivity index (χ4v) is 2.17. The summed E-state index contributed by atoms with van der Waals surface area (Å²) in [5.74, 6) is 1.02. The van der Waals surface area contributed by atoms with Crippen LogP contribution in [0.25, 0.3) is 0 Å². The minimum atomic E-state index is -0.346. The second kappa shape index (κ2) is 8.52. The summed E-state index contributed by atoms with van der Waals surface area (Å²) in [6.45, 7) is 6.70. The van der Waals surface area contributed by atoms with Gasteiger partial charge < -0.3 is 20.5 Å². The number of hydrogen-bond acceptors (Lipinski definition) is 3. The summed E-state index contributed by atoms with van der Waals surface area (Å²) in [5, 5.41) is 14.9. The van der Waals surface area contributed by atoms with Gasteiger partial charge in [0, 0.05) is 18.7 Å². The van der Waals surface area contributed by atoms with Crippen molar-refractivity contribution in [1.82, 2.24) is 10.6 Å². The number of aliphatic hydroxyl groups excluding tert-OH is 1. The lowest BCUT2D eigenvalue weighted by Gasteiger charge is -2.15. The van der Waals surface area contributed by atoms with Crippen molar-refractivity contribution in [3.05, 3.63) is 29.3 Å². The van der Waals surface area contributed by atoms with E-state index in [1.54, 1.807) is 14.0 Å². The molecule has 0 saturated carbocycles. The number of benzene rings is 1. The number of urea groups is 1. The molecule has 0 bridgehead atoms. The molecule has 0 fully saturated rings. The Morgan fingerprint density at radius 3 is 2.67 bits per heavy atom. The predicted octanol–water partition coefficient (Wildman–Crippen LogP) is 2.21. The van der Waals surface area contributed by atoms with Gasteiger partial charge in [0.2, 0.25) is 0 Å². The molecule has 5 nitrogen and oxygen atoms in total. The molecule has 2 unspecified atom stereocenters. The van der Waals surface area contributed by atoms with Gasteiger partial charge in [0.1, 0.15) is 5.75 Å². The third-order valence-electron chi connectivity index (χ3n) is 3.24. The number of methoxy groups -OCH3 is 1. The van der Waals surface area contributed by atoms with Crippen molar-refractivity contribution in [3.8, 4) is 5.75 Å². The smallest absolute Gasteiger partial charge is 0.315 e. The van der Waals surface area contributed by atoms with Crippen LogP contribution in [0.4, 0.5) is 4.79 Å². The number of aryl methyl sites for hydroxylation is 1. The van der Waals surface area contributed by atoms with Crippen molar-refractivity contribution in [2.24, 2.45) is 5.92 Å². The molecule has 1 aromatic rings. The molecule has 0 aliphatic carbocycles. The van der Waals surface area contributed by atoms with Crippen LogP contribution in [-0.4, -0.2) is 30.9 Å². The van der Waals surface area contributed by atoms with Gasteiger partial charge in [-0.05, 0) is 37.8 Å². The SMILES string of the molecule is COc1cc(C)ccc1CNC(=O)NCC(C)CC(C)O. The molecule has 3 N–H and O–H groups in total. The molecule has 0 radical (unpaired) electrons. The Morgan fingerprint density at radius 2 is 2.05 bits per heavy atom. The van der Waals surface area contributed by atoms with Gasteiger partial charge in [0.25, 0.3) is 0 Å². The molecule has 2 amide bonds. The van der Waals surface area contributed by atoms with Crippen molar-refractivity contribution in [1.29, 1.82) is 0 Å². The van der Waals surface area contributed by atoms with Crippen molar-refractivity contribution < 1.29 is 14.6 Å². The summed E-state index contributed by atoms with van der Waals surface area (Å²) in [6.07, 6.45) is 0.327. The van der Waals surface area contributed by atoms with Crippen LogP contribution in [-0.2, 0) is 6.54 Å². The third kappa shape index (κ3) is 6.49. The van der Waals surface area contributed by atoms with E-state index in [9.17, 15) is 9.90 Å². The Kier molecular flexibility index (Phi) is 7.02. The molecule has 0 heterocycles. The summed E-state index contributed by atoms with van der Waals surface area (Å²) in [4.78, 5) is 11.7. The fraction of sp³-hybridized carbons (Fsp3) is 0.562. The Balaban J connectivity index is 2.39. The quantitative estimate of drug-likeness (QED) is 0.722. The lowest BCUT2D eigenvalue weighted by molar-refractivity contribution is 0.163. The van der Waals surface area contributed by atoms with Crippen molar-refractivity contribution in [2.45, 2.75) is 39.8 Å². The van der Waals surface area contributed by atoms with Gasteiger partial charge in [-0.3, -0.25) is 0 Å². The van der Waals surface area contributed by atoms with E-state index >= 15 is 0 Å². The van der Waals surface area contributed by atoms with Gasteiger partial charge in [-0.15, -0.1) is 0 Å². The van der Waals surface area contributed by atoms with Crippen molar-refractivity contribution in [2.75, 3.05) is 13.7 Å². The maximum absolute atomic E-state index is 11.7. The van der Waals surface area contributed by atoms with Gasteiger partial charge in [-0.2, -0.15) is 0 Å². The molecule has 1 rings (SSSR count). The largest absolute Gasteiger partial charge is 0.496 e. The molecule has 0 saturated heterocycles. The second-order valence-corrected chi connectivity index (χ2v) is 5.57. The highest BCUT2D eigenvalue weighted by Gasteiger charge is 2.09. The summed E-state index contributed by atoms with van der Waals surface area (Å²) in [7, 11) is 1.62. The van der Waals surface area contributed by atoms with Gasteiger partial charge in [-0.25, -0.2) is 4.79 Å². The first-order chi connectivity index (χ1) is 9.92. The minimum Gasteiger partial charge on any atom is -0.496 e. The summed E-state index contributed by atoms with van der Waals surface area (Å²) in [6, 6.07) is 5.67. The number of nitrogens with one attached hydrogen (secondary N) is 2. The Hall–Kier alpha value is -1.75. The first-order valence-electron chi connectivity index (χ1n) is 7.25. The zero-order valence-electron chi connectivity index (χ0n) is 13.3. The van der Waals surface area contributed by atoms with Crippen LogP contribution in [0.1, 0.15) is 31.4 Å². The Bertz CT molecular complexity index is 461. The van der Waals surface area contributed by atoms with E-state index in [-0.39, 0.29) is 18.1 Å².